The van der Waals surface area contributed by atoms with Crippen molar-refractivity contribution in [2.45, 2.75) is 13.0 Å². The van der Waals surface area contributed by atoms with Gasteiger partial charge >= 0.3 is 0 Å². The molecule has 5 nitrogen and oxygen atoms in total. The van der Waals surface area contributed by atoms with E-state index in [0.717, 1.165) is 39.1 Å². The zero-order chi connectivity index (χ0) is 17.9. The standard InChI is InChI=1S/C19H21ClN2O3S/c20-16-11-14(12-17-18(16)25-9-2-8-24-17)19(23)22-6-4-21(5-7-22)13-15-3-1-10-26-15/h1,3,10-12H,2,4-9,13H2. The number of thiophene rings is 1. The molecule has 1 saturated heterocycles. The van der Waals surface area contributed by atoms with Gasteiger partial charge in [-0.05, 0) is 23.6 Å². The molecule has 1 aromatic carbocycles. The van der Waals surface area contributed by atoms with Crippen molar-refractivity contribution < 1.29 is 14.3 Å². The molecule has 2 aliphatic heterocycles. The van der Waals surface area contributed by atoms with Crippen LogP contribution in [0.25, 0.3) is 0 Å². The molecule has 138 valence electrons. The average Bonchev–Trinajstić information content (AvgIpc) is 3.04. The van der Waals surface area contributed by atoms with Gasteiger partial charge in [-0.3, -0.25) is 9.69 Å². The monoisotopic (exact) mass is 392 g/mol. The molecule has 0 radical (unpaired) electrons. The minimum atomic E-state index is -0.00156. The highest BCUT2D eigenvalue weighted by atomic mass is 35.5. The summed E-state index contributed by atoms with van der Waals surface area (Å²) in [4.78, 5) is 18.5. The van der Waals surface area contributed by atoms with Gasteiger partial charge in [0.2, 0.25) is 0 Å². The first-order valence-corrected chi connectivity index (χ1v) is 10.1. The largest absolute Gasteiger partial charge is 0.489 e. The highest BCUT2D eigenvalue weighted by molar-refractivity contribution is 7.09. The first kappa shape index (κ1) is 17.6. The Labute approximate surface area is 162 Å². The third-order valence-corrected chi connectivity index (χ3v) is 5.81. The summed E-state index contributed by atoms with van der Waals surface area (Å²) in [6, 6.07) is 7.68. The molecule has 0 spiro atoms. The normalized spacial score (nSPS) is 17.8. The van der Waals surface area contributed by atoms with Gasteiger partial charge < -0.3 is 14.4 Å². The van der Waals surface area contributed by atoms with Gasteiger partial charge in [-0.2, -0.15) is 0 Å². The second-order valence-electron chi connectivity index (χ2n) is 6.48. The van der Waals surface area contributed by atoms with E-state index in [1.54, 1.807) is 23.5 Å². The number of carbonyl (C=O) groups excluding carboxylic acids is 1. The maximum Gasteiger partial charge on any atom is 0.254 e. The number of ether oxygens (including phenoxy) is 2. The maximum atomic E-state index is 12.9. The van der Waals surface area contributed by atoms with Crippen molar-refractivity contribution >= 4 is 28.8 Å². The summed E-state index contributed by atoms with van der Waals surface area (Å²) in [6.07, 6.45) is 0.806. The molecule has 1 aromatic heterocycles. The van der Waals surface area contributed by atoms with Crippen LogP contribution in [0, 0.1) is 0 Å². The summed E-state index contributed by atoms with van der Waals surface area (Å²) in [6.45, 7) is 5.29. The van der Waals surface area contributed by atoms with Crippen molar-refractivity contribution in [1.82, 2.24) is 9.80 Å². The molecule has 2 aliphatic rings. The lowest BCUT2D eigenvalue weighted by atomic mass is 10.1. The van der Waals surface area contributed by atoms with Crippen LogP contribution >= 0.6 is 22.9 Å². The number of carbonyl (C=O) groups is 1. The van der Waals surface area contributed by atoms with Gasteiger partial charge in [0.25, 0.3) is 5.91 Å². The van der Waals surface area contributed by atoms with E-state index in [9.17, 15) is 4.79 Å². The summed E-state index contributed by atoms with van der Waals surface area (Å²) >= 11 is 8.10. The Balaban J connectivity index is 1.42. The Bertz CT molecular complexity index is 773. The second kappa shape index (κ2) is 7.86. The summed E-state index contributed by atoms with van der Waals surface area (Å²) in [7, 11) is 0. The molecule has 0 bridgehead atoms. The molecule has 1 amide bonds. The van der Waals surface area contributed by atoms with Crippen LogP contribution in [0.4, 0.5) is 0 Å². The third-order valence-electron chi connectivity index (χ3n) is 4.67. The molecule has 0 N–H and O–H groups in total. The number of hydrogen-bond acceptors (Lipinski definition) is 5. The van der Waals surface area contributed by atoms with Crippen molar-refractivity contribution in [3.63, 3.8) is 0 Å². The number of piperazine rings is 1. The van der Waals surface area contributed by atoms with Gasteiger partial charge in [0.1, 0.15) is 0 Å². The molecular weight excluding hydrogens is 372 g/mol. The van der Waals surface area contributed by atoms with Crippen LogP contribution in [0.15, 0.2) is 29.6 Å². The van der Waals surface area contributed by atoms with Crippen molar-refractivity contribution in [3.8, 4) is 11.5 Å². The Kier molecular flexibility index (Phi) is 5.33. The van der Waals surface area contributed by atoms with Gasteiger partial charge in [0, 0.05) is 49.6 Å². The minimum Gasteiger partial charge on any atom is -0.489 e. The molecular formula is C19H21ClN2O3S. The molecule has 2 aromatic rings. The number of halogens is 1. The van der Waals surface area contributed by atoms with E-state index in [4.69, 9.17) is 21.1 Å². The highest BCUT2D eigenvalue weighted by Gasteiger charge is 2.25. The molecule has 0 unspecified atom stereocenters. The fourth-order valence-electron chi connectivity index (χ4n) is 3.27. The number of rotatable bonds is 3. The Morgan fingerprint density at radius 2 is 1.96 bits per heavy atom. The van der Waals surface area contributed by atoms with Gasteiger partial charge in [0.15, 0.2) is 11.5 Å². The molecule has 0 saturated carbocycles. The minimum absolute atomic E-state index is 0.00156. The third kappa shape index (κ3) is 3.82. The van der Waals surface area contributed by atoms with E-state index in [-0.39, 0.29) is 5.91 Å². The lowest BCUT2D eigenvalue weighted by Gasteiger charge is -2.34. The summed E-state index contributed by atoms with van der Waals surface area (Å²) in [5, 5.41) is 2.53. The van der Waals surface area contributed by atoms with E-state index < -0.39 is 0 Å². The number of nitrogens with zero attached hydrogens (tertiary/aromatic N) is 2. The Morgan fingerprint density at radius 3 is 2.73 bits per heavy atom. The van der Waals surface area contributed by atoms with Crippen LogP contribution < -0.4 is 9.47 Å². The topological polar surface area (TPSA) is 42.0 Å². The number of hydrogen-bond donors (Lipinski definition) is 0. The second-order valence-corrected chi connectivity index (χ2v) is 7.92. The lowest BCUT2D eigenvalue weighted by Crippen LogP contribution is -2.48. The number of fused-ring (bicyclic) bond motifs is 1. The number of benzene rings is 1. The van der Waals surface area contributed by atoms with Crippen LogP contribution in [-0.4, -0.2) is 55.1 Å². The van der Waals surface area contributed by atoms with Crippen molar-refractivity contribution in [1.29, 1.82) is 0 Å². The maximum absolute atomic E-state index is 12.9. The fourth-order valence-corrected chi connectivity index (χ4v) is 4.28. The Morgan fingerprint density at radius 1 is 1.15 bits per heavy atom. The Hall–Kier alpha value is -1.76. The van der Waals surface area contributed by atoms with Crippen molar-refractivity contribution in [2.24, 2.45) is 0 Å². The van der Waals surface area contributed by atoms with Crippen LogP contribution in [0.1, 0.15) is 21.7 Å². The van der Waals surface area contributed by atoms with Crippen LogP contribution in [0.2, 0.25) is 5.02 Å². The molecule has 1 fully saturated rings. The molecule has 3 heterocycles. The van der Waals surface area contributed by atoms with E-state index in [1.165, 1.54) is 4.88 Å². The van der Waals surface area contributed by atoms with E-state index >= 15 is 0 Å². The smallest absolute Gasteiger partial charge is 0.254 e. The first-order chi connectivity index (χ1) is 12.7. The predicted molar refractivity (Wildman–Crippen MR) is 103 cm³/mol. The summed E-state index contributed by atoms with van der Waals surface area (Å²) < 4.78 is 11.3. The van der Waals surface area contributed by atoms with Crippen LogP contribution in [-0.2, 0) is 6.54 Å². The molecule has 4 rings (SSSR count). The zero-order valence-electron chi connectivity index (χ0n) is 14.4. The predicted octanol–water partition coefficient (Wildman–Crippen LogP) is 3.52. The molecule has 0 aliphatic carbocycles. The SMILES string of the molecule is O=C(c1cc(Cl)c2c(c1)OCCCO2)N1CCN(Cc2cccs2)CC1. The lowest BCUT2D eigenvalue weighted by molar-refractivity contribution is 0.0629. The van der Waals surface area contributed by atoms with Gasteiger partial charge in [-0.25, -0.2) is 0 Å². The van der Waals surface area contributed by atoms with Gasteiger partial charge in [-0.15, -0.1) is 11.3 Å². The summed E-state index contributed by atoms with van der Waals surface area (Å²) in [5.74, 6) is 1.11. The van der Waals surface area contributed by atoms with E-state index in [0.29, 0.717) is 35.3 Å². The molecule has 7 heteroatoms. The van der Waals surface area contributed by atoms with Crippen molar-refractivity contribution in [3.05, 3.63) is 45.1 Å². The summed E-state index contributed by atoms with van der Waals surface area (Å²) in [5.41, 5.74) is 0.561. The van der Waals surface area contributed by atoms with Gasteiger partial charge in [-0.1, -0.05) is 17.7 Å². The molecule has 26 heavy (non-hydrogen) atoms. The fraction of sp³-hybridized carbons (Fsp3) is 0.421. The van der Waals surface area contributed by atoms with Crippen LogP contribution in [0.3, 0.4) is 0 Å². The van der Waals surface area contributed by atoms with Crippen LogP contribution in [0.5, 0.6) is 11.5 Å². The zero-order valence-corrected chi connectivity index (χ0v) is 16.0. The average molecular weight is 393 g/mol. The molecule has 0 atom stereocenters. The highest BCUT2D eigenvalue weighted by Crippen LogP contribution is 2.38. The van der Waals surface area contributed by atoms with Gasteiger partial charge in [0.05, 0.1) is 18.2 Å². The number of amides is 1. The quantitative estimate of drug-likeness (QED) is 0.801. The van der Waals surface area contributed by atoms with E-state index in [1.807, 2.05) is 4.90 Å². The van der Waals surface area contributed by atoms with Crippen molar-refractivity contribution in [2.75, 3.05) is 39.4 Å². The first-order valence-electron chi connectivity index (χ1n) is 8.84. The van der Waals surface area contributed by atoms with E-state index in [2.05, 4.69) is 22.4 Å².